The molecule has 0 spiro atoms. The third-order valence-corrected chi connectivity index (χ3v) is 10.2. The number of aliphatic imine (C=N–C) groups is 1. The summed E-state index contributed by atoms with van der Waals surface area (Å²) in [5.41, 5.74) is 5.42. The molecule has 214 valence electrons. The molecule has 3 aliphatic rings. The molecule has 2 fully saturated rings. The molecule has 9 heteroatoms. The molecule has 3 aromatic rings. The topological polar surface area (TPSA) is 75.0 Å². The highest BCUT2D eigenvalue weighted by Crippen LogP contribution is 2.51. The number of carbonyl (C=O) groups is 1. The predicted octanol–water partition coefficient (Wildman–Crippen LogP) is 6.94. The van der Waals surface area contributed by atoms with Crippen molar-refractivity contribution in [1.82, 2.24) is 9.80 Å². The molecule has 0 unspecified atom stereocenters. The average molecular weight is 595 g/mol. The monoisotopic (exact) mass is 594 g/mol. The number of nitrogens with one attached hydrogen (secondary N) is 1. The molecule has 0 aromatic heterocycles. The molecular formula is C33H34N6OS2. The van der Waals surface area contributed by atoms with Crippen molar-refractivity contribution >= 4 is 51.7 Å². The highest BCUT2D eigenvalue weighted by Gasteiger charge is 2.39. The molecule has 1 N–H and O–H groups in total. The van der Waals surface area contributed by atoms with Crippen LogP contribution in [-0.2, 0) is 11.3 Å². The SMILES string of the molecule is Cc1ccc(C#N)cc1N=C1SC(=C2Sc3cc(NCCN4CCCCC4)ccc3N2C)C(=O)N1Cc1ccccc1. The molecule has 3 heterocycles. The van der Waals surface area contributed by atoms with E-state index < -0.39 is 0 Å². The van der Waals surface area contributed by atoms with E-state index in [1.54, 1.807) is 28.8 Å². The van der Waals surface area contributed by atoms with Crippen LogP contribution in [0.15, 0.2) is 86.6 Å². The van der Waals surface area contributed by atoms with E-state index in [-0.39, 0.29) is 5.91 Å². The minimum atomic E-state index is -0.0567. The van der Waals surface area contributed by atoms with Crippen molar-refractivity contribution in [2.24, 2.45) is 4.99 Å². The minimum absolute atomic E-state index is 0.0567. The number of hydrogen-bond donors (Lipinski definition) is 1. The number of carbonyl (C=O) groups excluding carboxylic acids is 1. The maximum absolute atomic E-state index is 14.0. The van der Waals surface area contributed by atoms with Gasteiger partial charge in [0.1, 0.15) is 4.91 Å². The smallest absolute Gasteiger partial charge is 0.269 e. The fraction of sp³-hybridized carbons (Fsp3) is 0.303. The van der Waals surface area contributed by atoms with Crippen LogP contribution in [-0.4, -0.2) is 54.1 Å². The van der Waals surface area contributed by atoms with Crippen LogP contribution in [0.4, 0.5) is 17.1 Å². The van der Waals surface area contributed by atoms with Crippen molar-refractivity contribution in [1.29, 1.82) is 5.26 Å². The summed E-state index contributed by atoms with van der Waals surface area (Å²) in [5.74, 6) is -0.0567. The van der Waals surface area contributed by atoms with Crippen molar-refractivity contribution in [3.05, 3.63) is 93.4 Å². The molecule has 6 rings (SSSR count). The number of rotatable bonds is 7. The summed E-state index contributed by atoms with van der Waals surface area (Å²) in [7, 11) is 2.02. The first-order chi connectivity index (χ1) is 20.5. The van der Waals surface area contributed by atoms with Crippen LogP contribution in [0.1, 0.15) is 36.0 Å². The van der Waals surface area contributed by atoms with Crippen molar-refractivity contribution < 1.29 is 4.79 Å². The molecule has 3 aromatic carbocycles. The summed E-state index contributed by atoms with van der Waals surface area (Å²) in [6.07, 6.45) is 3.96. The number of likely N-dealkylation sites (tertiary alicyclic amines) is 1. The van der Waals surface area contributed by atoms with Crippen LogP contribution in [0.2, 0.25) is 0 Å². The van der Waals surface area contributed by atoms with Crippen molar-refractivity contribution in [3.63, 3.8) is 0 Å². The van der Waals surface area contributed by atoms with Gasteiger partial charge in [0.2, 0.25) is 0 Å². The Labute approximate surface area is 256 Å². The van der Waals surface area contributed by atoms with E-state index in [4.69, 9.17) is 4.99 Å². The average Bonchev–Trinajstić information content (AvgIpc) is 3.50. The van der Waals surface area contributed by atoms with E-state index in [1.165, 1.54) is 44.1 Å². The normalized spacial score (nSPS) is 19.8. The molecule has 42 heavy (non-hydrogen) atoms. The summed E-state index contributed by atoms with van der Waals surface area (Å²) >= 11 is 3.04. The van der Waals surface area contributed by atoms with Gasteiger partial charge in [0.15, 0.2) is 5.17 Å². The fourth-order valence-electron chi connectivity index (χ4n) is 5.43. The Bertz CT molecular complexity index is 1590. The zero-order valence-corrected chi connectivity index (χ0v) is 25.6. The Morgan fingerprint density at radius 3 is 2.60 bits per heavy atom. The maximum atomic E-state index is 14.0. The number of amides is 1. The number of piperidine rings is 1. The van der Waals surface area contributed by atoms with Crippen LogP contribution >= 0.6 is 23.5 Å². The van der Waals surface area contributed by atoms with Crippen LogP contribution in [0.25, 0.3) is 0 Å². The number of aryl methyl sites for hydroxylation is 1. The number of nitriles is 1. The third-order valence-electron chi connectivity index (χ3n) is 7.83. The molecular weight excluding hydrogens is 561 g/mol. The van der Waals surface area contributed by atoms with Crippen LogP contribution in [0, 0.1) is 18.3 Å². The van der Waals surface area contributed by atoms with Crippen LogP contribution < -0.4 is 10.2 Å². The first kappa shape index (κ1) is 28.4. The number of nitrogens with zero attached hydrogens (tertiary/aromatic N) is 5. The van der Waals surface area contributed by atoms with Gasteiger partial charge in [-0.15, -0.1) is 0 Å². The summed E-state index contributed by atoms with van der Waals surface area (Å²) in [5, 5.41) is 14.6. The van der Waals surface area contributed by atoms with Crippen molar-refractivity contribution in [2.45, 2.75) is 37.6 Å². The molecule has 3 aliphatic heterocycles. The van der Waals surface area contributed by atoms with Gasteiger partial charge < -0.3 is 15.1 Å². The number of hydrogen-bond acceptors (Lipinski definition) is 8. The summed E-state index contributed by atoms with van der Waals surface area (Å²) in [6.45, 7) is 6.77. The maximum Gasteiger partial charge on any atom is 0.269 e. The molecule has 0 bridgehead atoms. The first-order valence-corrected chi connectivity index (χ1v) is 16.0. The Morgan fingerprint density at radius 1 is 1.00 bits per heavy atom. The Kier molecular flexibility index (Phi) is 8.56. The Balaban J connectivity index is 1.27. The lowest BCUT2D eigenvalue weighted by Gasteiger charge is -2.26. The molecule has 0 radical (unpaired) electrons. The Hall–Kier alpha value is -3.71. The quantitative estimate of drug-likeness (QED) is 0.297. The summed E-state index contributed by atoms with van der Waals surface area (Å²) < 4.78 is 0. The van der Waals surface area contributed by atoms with Gasteiger partial charge in [-0.2, -0.15) is 5.26 Å². The van der Waals surface area contributed by atoms with Gasteiger partial charge in [-0.25, -0.2) is 4.99 Å². The standard InChI is InChI=1S/C33H34N6OS2/c1-23-11-12-25(21-34)19-27(23)36-33-39(22-24-9-5-3-6-10-24)31(40)30(42-33)32-37(2)28-14-13-26(20-29(28)41-32)35-15-18-38-16-7-4-8-17-38/h3,5-6,9-14,19-20,35H,4,7-8,15-18,22H2,1-2H3. The molecule has 0 saturated carbocycles. The van der Waals surface area contributed by atoms with E-state index in [0.29, 0.717) is 27.9 Å². The molecule has 1 amide bonds. The second kappa shape index (κ2) is 12.7. The first-order valence-electron chi connectivity index (χ1n) is 14.4. The van der Waals surface area contributed by atoms with Gasteiger partial charge in [-0.3, -0.25) is 9.69 Å². The second-order valence-electron chi connectivity index (χ2n) is 10.8. The number of anilines is 2. The van der Waals surface area contributed by atoms with E-state index in [1.807, 2.05) is 50.4 Å². The van der Waals surface area contributed by atoms with Crippen molar-refractivity contribution in [3.8, 4) is 6.07 Å². The van der Waals surface area contributed by atoms with Gasteiger partial charge in [0.05, 0.1) is 34.6 Å². The zero-order chi connectivity index (χ0) is 29.1. The van der Waals surface area contributed by atoms with E-state index in [9.17, 15) is 10.1 Å². The van der Waals surface area contributed by atoms with Gasteiger partial charge in [0.25, 0.3) is 5.91 Å². The Morgan fingerprint density at radius 2 is 1.81 bits per heavy atom. The lowest BCUT2D eigenvalue weighted by molar-refractivity contribution is -0.122. The highest BCUT2D eigenvalue weighted by molar-refractivity contribution is 8.19. The third kappa shape index (κ3) is 6.07. The van der Waals surface area contributed by atoms with E-state index in [0.717, 1.165) is 45.5 Å². The lowest BCUT2D eigenvalue weighted by atomic mass is 10.1. The second-order valence-corrected chi connectivity index (χ2v) is 12.8. The van der Waals surface area contributed by atoms with Crippen LogP contribution in [0.5, 0.6) is 0 Å². The predicted molar refractivity (Wildman–Crippen MR) is 174 cm³/mol. The largest absolute Gasteiger partial charge is 0.384 e. The lowest BCUT2D eigenvalue weighted by Crippen LogP contribution is -2.33. The van der Waals surface area contributed by atoms with Gasteiger partial charge in [-0.05, 0) is 86.1 Å². The summed E-state index contributed by atoms with van der Waals surface area (Å²) in [4.78, 5) is 27.2. The van der Waals surface area contributed by atoms with E-state index >= 15 is 0 Å². The van der Waals surface area contributed by atoms with Gasteiger partial charge in [0, 0.05) is 30.7 Å². The number of fused-ring (bicyclic) bond motifs is 1. The molecule has 2 saturated heterocycles. The fourth-order valence-corrected chi connectivity index (χ4v) is 7.81. The van der Waals surface area contributed by atoms with E-state index in [2.05, 4.69) is 39.4 Å². The van der Waals surface area contributed by atoms with Crippen LogP contribution in [0.3, 0.4) is 0 Å². The molecule has 7 nitrogen and oxygen atoms in total. The number of thioether (sulfide) groups is 2. The molecule has 0 atom stereocenters. The van der Waals surface area contributed by atoms with Gasteiger partial charge in [-0.1, -0.05) is 54.6 Å². The number of amidine groups is 1. The highest BCUT2D eigenvalue weighted by atomic mass is 32.2. The van der Waals surface area contributed by atoms with Crippen molar-refractivity contribution in [2.75, 3.05) is 43.4 Å². The minimum Gasteiger partial charge on any atom is -0.384 e. The molecule has 0 aliphatic carbocycles. The summed E-state index contributed by atoms with van der Waals surface area (Å²) in [6, 6.07) is 24.1. The zero-order valence-electron chi connectivity index (χ0n) is 24.0. The number of benzene rings is 3. The van der Waals surface area contributed by atoms with Gasteiger partial charge >= 0.3 is 0 Å².